The van der Waals surface area contributed by atoms with Crippen molar-refractivity contribution in [2.75, 3.05) is 6.54 Å². The van der Waals surface area contributed by atoms with E-state index in [-0.39, 0.29) is 11.9 Å². The van der Waals surface area contributed by atoms with Gasteiger partial charge in [0.15, 0.2) is 11.2 Å². The number of aromatic amines is 1. The topological polar surface area (TPSA) is 85.9 Å². The highest BCUT2D eigenvalue weighted by Gasteiger charge is 2.24. The van der Waals surface area contributed by atoms with E-state index in [1.165, 1.54) is 6.42 Å². The molecule has 1 unspecified atom stereocenters. The third-order valence-corrected chi connectivity index (χ3v) is 2.79. The molecule has 2 heterocycles. The number of aryl methyl sites for hydroxylation is 1. The molecule has 1 aliphatic heterocycles. The van der Waals surface area contributed by atoms with E-state index in [0.29, 0.717) is 18.3 Å². The van der Waals surface area contributed by atoms with Crippen molar-refractivity contribution < 1.29 is 19.6 Å². The van der Waals surface area contributed by atoms with Gasteiger partial charge in [-0.25, -0.2) is 9.51 Å². The number of hydrogen-bond donors (Lipinski definition) is 2. The predicted molar refractivity (Wildman–Crippen MR) is 54.1 cm³/mol. The molecule has 6 heteroatoms. The van der Waals surface area contributed by atoms with E-state index in [9.17, 15) is 4.79 Å². The third kappa shape index (κ3) is 2.79. The lowest BCUT2D eigenvalue weighted by Gasteiger charge is -2.18. The minimum atomic E-state index is 0.0674. The Morgan fingerprint density at radius 1 is 1.69 bits per heavy atom. The van der Waals surface area contributed by atoms with Gasteiger partial charge in [-0.05, 0) is 12.8 Å². The molecule has 2 rings (SSSR count). The van der Waals surface area contributed by atoms with E-state index in [1.54, 1.807) is 0 Å². The molecule has 16 heavy (non-hydrogen) atoms. The first-order valence-corrected chi connectivity index (χ1v) is 5.71. The van der Waals surface area contributed by atoms with Gasteiger partial charge in [0.2, 0.25) is 0 Å². The fourth-order valence-corrected chi connectivity index (χ4v) is 1.93. The molecular weight excluding hydrogens is 208 g/mol. The first-order valence-electron chi connectivity index (χ1n) is 5.71. The largest absolute Gasteiger partial charge is 0.343 e. The fraction of sp³-hybridized carbons (Fsp3) is 0.700. The molecule has 1 aromatic rings. The number of nitrogens with zero attached hydrogens (tertiary/aromatic N) is 1. The number of aromatic nitrogens is 2. The SMILES string of the molecule is Cc1noc(CNC(=O)C2CCCC[NH2+]2)[nH+]1. The van der Waals surface area contributed by atoms with Crippen molar-refractivity contribution in [2.24, 2.45) is 0 Å². The van der Waals surface area contributed by atoms with E-state index < -0.39 is 0 Å². The standard InChI is InChI=1S/C10H16N4O2/c1-7-13-9(16-14-7)6-12-10(15)8-4-2-3-5-11-8/h8,11H,2-6H2,1H3,(H,12,15)/p+2. The smallest absolute Gasteiger partial charge is 0.340 e. The van der Waals surface area contributed by atoms with Gasteiger partial charge in [0, 0.05) is 13.3 Å². The zero-order valence-electron chi connectivity index (χ0n) is 9.45. The summed E-state index contributed by atoms with van der Waals surface area (Å²) in [5, 5.41) is 8.67. The minimum Gasteiger partial charge on any atom is -0.340 e. The molecule has 0 aromatic carbocycles. The van der Waals surface area contributed by atoms with Crippen LogP contribution < -0.4 is 15.6 Å². The van der Waals surface area contributed by atoms with Gasteiger partial charge in [-0.2, -0.15) is 0 Å². The number of carbonyl (C=O) groups is 1. The van der Waals surface area contributed by atoms with Gasteiger partial charge in [-0.3, -0.25) is 4.79 Å². The summed E-state index contributed by atoms with van der Waals surface area (Å²) in [6.07, 6.45) is 3.31. The third-order valence-electron chi connectivity index (χ3n) is 2.79. The lowest BCUT2D eigenvalue weighted by molar-refractivity contribution is -0.684. The number of H-pyrrole nitrogens is 1. The average molecular weight is 226 g/mol. The van der Waals surface area contributed by atoms with Crippen molar-refractivity contribution in [3.8, 4) is 0 Å². The first kappa shape index (κ1) is 11.1. The van der Waals surface area contributed by atoms with Crippen molar-refractivity contribution in [3.05, 3.63) is 11.7 Å². The molecule has 0 aliphatic carbocycles. The van der Waals surface area contributed by atoms with E-state index in [1.807, 2.05) is 6.92 Å². The van der Waals surface area contributed by atoms with Gasteiger partial charge in [0.1, 0.15) is 6.54 Å². The lowest BCUT2D eigenvalue weighted by atomic mass is 10.0. The highest BCUT2D eigenvalue weighted by atomic mass is 16.5. The Hall–Kier alpha value is -1.43. The van der Waals surface area contributed by atoms with E-state index >= 15 is 0 Å². The maximum Gasteiger partial charge on any atom is 0.343 e. The number of hydrogen-bond acceptors (Lipinski definition) is 3. The summed E-state index contributed by atoms with van der Waals surface area (Å²) in [6, 6.07) is 0.0674. The second-order valence-electron chi connectivity index (χ2n) is 4.16. The highest BCUT2D eigenvalue weighted by Crippen LogP contribution is 2.01. The van der Waals surface area contributed by atoms with Crippen LogP contribution in [0.1, 0.15) is 31.0 Å². The number of rotatable bonds is 3. The van der Waals surface area contributed by atoms with Crippen LogP contribution in [0.4, 0.5) is 0 Å². The second-order valence-corrected chi connectivity index (χ2v) is 4.16. The number of nitrogens with two attached hydrogens (primary N) is 1. The van der Waals surface area contributed by atoms with Crippen LogP contribution >= 0.6 is 0 Å². The molecule has 6 nitrogen and oxygen atoms in total. The van der Waals surface area contributed by atoms with Crippen LogP contribution in [0.2, 0.25) is 0 Å². The molecule has 0 bridgehead atoms. The molecule has 1 aliphatic rings. The van der Waals surface area contributed by atoms with Gasteiger partial charge in [0.25, 0.3) is 5.91 Å². The highest BCUT2D eigenvalue weighted by molar-refractivity contribution is 5.80. The van der Waals surface area contributed by atoms with Crippen molar-refractivity contribution in [1.29, 1.82) is 0 Å². The molecule has 0 saturated carbocycles. The molecule has 1 atom stereocenters. The quantitative estimate of drug-likeness (QED) is 0.659. The Morgan fingerprint density at radius 3 is 3.19 bits per heavy atom. The van der Waals surface area contributed by atoms with Gasteiger partial charge in [-0.15, -0.1) is 0 Å². The van der Waals surface area contributed by atoms with Crippen LogP contribution in [0.5, 0.6) is 0 Å². The summed E-state index contributed by atoms with van der Waals surface area (Å²) in [5.41, 5.74) is 0. The van der Waals surface area contributed by atoms with Crippen molar-refractivity contribution >= 4 is 5.91 Å². The summed E-state index contributed by atoms with van der Waals surface area (Å²) < 4.78 is 4.97. The maximum atomic E-state index is 11.8. The second kappa shape index (κ2) is 5.07. The normalized spacial score (nSPS) is 20.7. The maximum absolute atomic E-state index is 11.8. The fourth-order valence-electron chi connectivity index (χ4n) is 1.93. The molecule has 0 spiro atoms. The molecule has 0 radical (unpaired) electrons. The Morgan fingerprint density at radius 2 is 2.56 bits per heavy atom. The zero-order chi connectivity index (χ0) is 11.4. The molecule has 1 aromatic heterocycles. The lowest BCUT2D eigenvalue weighted by Crippen LogP contribution is -2.93. The Kier molecular flexibility index (Phi) is 3.51. The summed E-state index contributed by atoms with van der Waals surface area (Å²) in [7, 11) is 0. The summed E-state index contributed by atoms with van der Waals surface area (Å²) >= 11 is 0. The number of carbonyl (C=O) groups excluding carboxylic acids is 1. The van der Waals surface area contributed by atoms with Gasteiger partial charge in [-0.1, -0.05) is 0 Å². The molecule has 4 N–H and O–H groups in total. The Balaban J connectivity index is 1.78. The minimum absolute atomic E-state index is 0.0674. The average Bonchev–Trinajstić information content (AvgIpc) is 2.73. The monoisotopic (exact) mass is 226 g/mol. The zero-order valence-corrected chi connectivity index (χ0v) is 9.45. The van der Waals surface area contributed by atoms with E-state index in [2.05, 4.69) is 20.8 Å². The van der Waals surface area contributed by atoms with Gasteiger partial charge >= 0.3 is 11.7 Å². The van der Waals surface area contributed by atoms with Gasteiger partial charge < -0.3 is 10.6 Å². The molecule has 1 fully saturated rings. The molecular formula is C10H18N4O2+2. The Bertz CT molecular complexity index is 357. The van der Waals surface area contributed by atoms with Crippen LogP contribution in [0.3, 0.4) is 0 Å². The van der Waals surface area contributed by atoms with Crippen LogP contribution in [0, 0.1) is 6.92 Å². The number of quaternary nitrogens is 1. The predicted octanol–water partition coefficient (Wildman–Crippen LogP) is -1.47. The van der Waals surface area contributed by atoms with E-state index in [4.69, 9.17) is 4.52 Å². The van der Waals surface area contributed by atoms with Crippen molar-refractivity contribution in [3.63, 3.8) is 0 Å². The molecule has 1 amide bonds. The van der Waals surface area contributed by atoms with Crippen LogP contribution in [0.25, 0.3) is 0 Å². The summed E-state index contributed by atoms with van der Waals surface area (Å²) in [6.45, 7) is 3.24. The number of nitrogens with one attached hydrogen (secondary N) is 2. The molecule has 1 saturated heterocycles. The van der Waals surface area contributed by atoms with Gasteiger partial charge in [0.05, 0.1) is 6.54 Å². The van der Waals surface area contributed by atoms with Crippen molar-refractivity contribution in [1.82, 2.24) is 10.5 Å². The first-order chi connectivity index (χ1) is 7.75. The van der Waals surface area contributed by atoms with Crippen LogP contribution in [0.15, 0.2) is 4.52 Å². The Labute approximate surface area is 93.8 Å². The summed E-state index contributed by atoms with van der Waals surface area (Å²) in [4.78, 5) is 14.7. The van der Waals surface area contributed by atoms with E-state index in [0.717, 1.165) is 19.4 Å². The van der Waals surface area contributed by atoms with Crippen LogP contribution in [-0.4, -0.2) is 23.7 Å². The number of piperidine rings is 1. The number of amides is 1. The molecule has 88 valence electrons. The van der Waals surface area contributed by atoms with Crippen molar-refractivity contribution in [2.45, 2.75) is 38.8 Å². The summed E-state index contributed by atoms with van der Waals surface area (Å²) in [5.74, 6) is 1.39. The van der Waals surface area contributed by atoms with Crippen LogP contribution in [-0.2, 0) is 11.3 Å².